The maximum atomic E-state index is 13.1. The van der Waals surface area contributed by atoms with E-state index in [0.717, 1.165) is 9.58 Å². The van der Waals surface area contributed by atoms with Crippen LogP contribution in [0.1, 0.15) is 5.76 Å². The van der Waals surface area contributed by atoms with Gasteiger partial charge in [-0.15, -0.1) is 5.10 Å². The molecule has 0 bridgehead atoms. The van der Waals surface area contributed by atoms with Crippen molar-refractivity contribution < 1.29 is 13.7 Å². The number of nitrogens with one attached hydrogen (secondary N) is 1. The molecule has 0 unspecified atom stereocenters. The van der Waals surface area contributed by atoms with E-state index in [1.165, 1.54) is 40.7 Å². The predicted molar refractivity (Wildman–Crippen MR) is 97.6 cm³/mol. The van der Waals surface area contributed by atoms with E-state index in [2.05, 4.69) is 20.6 Å². The maximum absolute atomic E-state index is 13.1. The zero-order valence-corrected chi connectivity index (χ0v) is 15.3. The highest BCUT2D eigenvalue weighted by Gasteiger charge is 2.16. The van der Waals surface area contributed by atoms with Crippen molar-refractivity contribution in [3.05, 3.63) is 64.8 Å². The van der Waals surface area contributed by atoms with Crippen molar-refractivity contribution in [2.45, 2.75) is 23.4 Å². The Morgan fingerprint density at radius 1 is 1.32 bits per heavy atom. The first-order valence-electron chi connectivity index (χ1n) is 8.10. The van der Waals surface area contributed by atoms with Gasteiger partial charge >= 0.3 is 5.69 Å². The van der Waals surface area contributed by atoms with Crippen LogP contribution in [-0.4, -0.2) is 30.2 Å². The summed E-state index contributed by atoms with van der Waals surface area (Å²) in [6, 6.07) is 7.44. The largest absolute Gasteiger partial charge is 0.360 e. The molecule has 3 heterocycles. The molecule has 1 N–H and O–H groups in total. The molecule has 4 aromatic rings. The van der Waals surface area contributed by atoms with Crippen molar-refractivity contribution in [3.8, 4) is 0 Å². The SMILES string of the molecule is Cc1cc(NC(=O)Cn2nc3c(Sc4ccc(F)cc4)nccn3c2=O)no1. The summed E-state index contributed by atoms with van der Waals surface area (Å²) in [5.74, 6) is -0.00824. The van der Waals surface area contributed by atoms with Crippen molar-refractivity contribution in [3.63, 3.8) is 0 Å². The second-order valence-electron chi connectivity index (χ2n) is 5.79. The fourth-order valence-electron chi connectivity index (χ4n) is 2.46. The van der Waals surface area contributed by atoms with Crippen LogP contribution in [0.25, 0.3) is 5.65 Å². The lowest BCUT2D eigenvalue weighted by molar-refractivity contribution is -0.117. The average Bonchev–Trinajstić information content (AvgIpc) is 3.21. The van der Waals surface area contributed by atoms with Gasteiger partial charge in [-0.25, -0.2) is 23.3 Å². The monoisotopic (exact) mass is 400 g/mol. The summed E-state index contributed by atoms with van der Waals surface area (Å²) in [5.41, 5.74) is -0.184. The van der Waals surface area contributed by atoms with Crippen molar-refractivity contribution in [1.82, 2.24) is 24.3 Å². The van der Waals surface area contributed by atoms with Crippen LogP contribution in [0.2, 0.25) is 0 Å². The van der Waals surface area contributed by atoms with Gasteiger partial charge in [0, 0.05) is 23.4 Å². The van der Waals surface area contributed by atoms with E-state index in [9.17, 15) is 14.0 Å². The lowest BCUT2D eigenvalue weighted by atomic mass is 10.4. The molecule has 9 nitrogen and oxygen atoms in total. The topological polar surface area (TPSA) is 107 Å². The zero-order valence-electron chi connectivity index (χ0n) is 14.5. The van der Waals surface area contributed by atoms with Gasteiger partial charge in [-0.2, -0.15) is 0 Å². The van der Waals surface area contributed by atoms with Gasteiger partial charge in [-0.3, -0.25) is 4.79 Å². The lowest BCUT2D eigenvalue weighted by Crippen LogP contribution is -2.28. The molecule has 1 amide bonds. The van der Waals surface area contributed by atoms with Gasteiger partial charge in [0.15, 0.2) is 11.5 Å². The van der Waals surface area contributed by atoms with Crippen LogP contribution >= 0.6 is 11.8 Å². The maximum Gasteiger partial charge on any atom is 0.350 e. The third-order valence-electron chi connectivity index (χ3n) is 3.69. The first-order valence-corrected chi connectivity index (χ1v) is 8.92. The standard InChI is InChI=1S/C17H13FN6O3S/c1-10-8-13(22-27-10)20-14(25)9-24-17(26)23-7-6-19-16(15(23)21-24)28-12-4-2-11(18)3-5-12/h2-8H,9H2,1H3,(H,20,22,25). The number of anilines is 1. The van der Waals surface area contributed by atoms with E-state index in [4.69, 9.17) is 4.52 Å². The van der Waals surface area contributed by atoms with E-state index >= 15 is 0 Å². The van der Waals surface area contributed by atoms with E-state index in [1.807, 2.05) is 0 Å². The minimum atomic E-state index is -0.482. The molecular formula is C17H13FN6O3S. The zero-order chi connectivity index (χ0) is 19.7. The highest BCUT2D eigenvalue weighted by molar-refractivity contribution is 7.99. The Hall–Kier alpha value is -3.47. The number of amides is 1. The summed E-state index contributed by atoms with van der Waals surface area (Å²) in [6.45, 7) is 1.40. The number of fused-ring (bicyclic) bond motifs is 1. The number of rotatable bonds is 5. The highest BCUT2D eigenvalue weighted by Crippen LogP contribution is 2.27. The Kier molecular flexibility index (Phi) is 4.65. The van der Waals surface area contributed by atoms with E-state index in [-0.39, 0.29) is 18.2 Å². The molecule has 11 heteroatoms. The number of carbonyl (C=O) groups excluding carboxylic acids is 1. The molecule has 0 aliphatic rings. The smallest absolute Gasteiger partial charge is 0.350 e. The second-order valence-corrected chi connectivity index (χ2v) is 6.86. The van der Waals surface area contributed by atoms with Crippen molar-refractivity contribution in [2.75, 3.05) is 5.32 Å². The summed E-state index contributed by atoms with van der Waals surface area (Å²) in [4.78, 5) is 29.7. The Morgan fingerprint density at radius 3 is 2.82 bits per heavy atom. The van der Waals surface area contributed by atoms with Crippen LogP contribution in [-0.2, 0) is 11.3 Å². The molecule has 0 spiro atoms. The highest BCUT2D eigenvalue weighted by atomic mass is 32.2. The third-order valence-corrected chi connectivity index (χ3v) is 4.68. The van der Waals surface area contributed by atoms with E-state index < -0.39 is 11.6 Å². The summed E-state index contributed by atoms with van der Waals surface area (Å²) in [7, 11) is 0. The third kappa shape index (κ3) is 3.64. The molecule has 1 aromatic carbocycles. The number of aromatic nitrogens is 5. The normalized spacial score (nSPS) is 11.1. The molecule has 0 atom stereocenters. The van der Waals surface area contributed by atoms with Crippen LogP contribution in [0.4, 0.5) is 10.2 Å². The molecule has 0 fully saturated rings. The molecule has 0 saturated carbocycles. The summed E-state index contributed by atoms with van der Waals surface area (Å²) >= 11 is 1.24. The lowest BCUT2D eigenvalue weighted by Gasteiger charge is -2.01. The number of hydrogen-bond donors (Lipinski definition) is 1. The van der Waals surface area contributed by atoms with Gasteiger partial charge in [0.05, 0.1) is 0 Å². The minimum Gasteiger partial charge on any atom is -0.360 e. The van der Waals surface area contributed by atoms with Crippen LogP contribution in [0, 0.1) is 12.7 Å². The van der Waals surface area contributed by atoms with Crippen molar-refractivity contribution in [2.24, 2.45) is 0 Å². The summed E-state index contributed by atoms with van der Waals surface area (Å²) in [5, 5.41) is 10.9. The van der Waals surface area contributed by atoms with E-state index in [0.29, 0.717) is 16.4 Å². The van der Waals surface area contributed by atoms with Gasteiger partial charge in [0.1, 0.15) is 23.1 Å². The Bertz CT molecular complexity index is 1210. The van der Waals surface area contributed by atoms with E-state index in [1.54, 1.807) is 25.1 Å². The van der Waals surface area contributed by atoms with Crippen LogP contribution in [0.5, 0.6) is 0 Å². The predicted octanol–water partition coefficient (Wildman–Crippen LogP) is 2.12. The fourth-order valence-corrected chi connectivity index (χ4v) is 3.30. The van der Waals surface area contributed by atoms with Crippen LogP contribution in [0.15, 0.2) is 62.0 Å². The average molecular weight is 400 g/mol. The van der Waals surface area contributed by atoms with Crippen molar-refractivity contribution >= 4 is 29.1 Å². The first-order chi connectivity index (χ1) is 13.5. The number of halogens is 1. The Morgan fingerprint density at radius 2 is 2.11 bits per heavy atom. The number of benzene rings is 1. The van der Waals surface area contributed by atoms with Gasteiger partial charge in [-0.1, -0.05) is 16.9 Å². The molecule has 0 aliphatic carbocycles. The van der Waals surface area contributed by atoms with Crippen molar-refractivity contribution in [1.29, 1.82) is 0 Å². The van der Waals surface area contributed by atoms with Crippen LogP contribution < -0.4 is 11.0 Å². The molecular weight excluding hydrogens is 387 g/mol. The molecule has 0 saturated heterocycles. The first kappa shape index (κ1) is 17.9. The Labute approximate surface area is 161 Å². The molecule has 0 aliphatic heterocycles. The van der Waals surface area contributed by atoms with Crippen LogP contribution in [0.3, 0.4) is 0 Å². The fraction of sp³-hybridized carbons (Fsp3) is 0.118. The van der Waals surface area contributed by atoms with Gasteiger partial charge < -0.3 is 9.84 Å². The molecule has 142 valence electrons. The number of carbonyl (C=O) groups is 1. The molecule has 4 rings (SSSR count). The van der Waals surface area contributed by atoms with Gasteiger partial charge in [-0.05, 0) is 31.2 Å². The van der Waals surface area contributed by atoms with Gasteiger partial charge in [0.2, 0.25) is 5.91 Å². The molecule has 28 heavy (non-hydrogen) atoms. The number of aryl methyl sites for hydroxylation is 1. The summed E-state index contributed by atoms with van der Waals surface area (Å²) < 4.78 is 20.3. The number of hydrogen-bond acceptors (Lipinski definition) is 7. The minimum absolute atomic E-state index is 0.258. The second kappa shape index (κ2) is 7.27. The Balaban J connectivity index is 1.60. The molecule has 3 aromatic heterocycles. The quantitative estimate of drug-likeness (QED) is 0.547. The summed E-state index contributed by atoms with van der Waals surface area (Å²) in [6.07, 6.45) is 2.93. The molecule has 0 radical (unpaired) electrons. The van der Waals surface area contributed by atoms with Gasteiger partial charge in [0.25, 0.3) is 0 Å². The number of nitrogens with zero attached hydrogens (tertiary/aromatic N) is 5.